The molecule has 0 fully saturated rings. The normalized spacial score (nSPS) is 12.6. The molecule has 0 heterocycles. The fourth-order valence-electron chi connectivity index (χ4n) is 1.10. The van der Waals surface area contributed by atoms with E-state index in [0.717, 1.165) is 11.3 Å². The van der Waals surface area contributed by atoms with E-state index in [1.165, 1.54) is 0 Å². The second-order valence-corrected chi connectivity index (χ2v) is 4.46. The van der Waals surface area contributed by atoms with E-state index in [4.69, 9.17) is 16.3 Å². The summed E-state index contributed by atoms with van der Waals surface area (Å²) in [6.45, 7) is 4.62. The van der Waals surface area contributed by atoms with Gasteiger partial charge < -0.3 is 4.74 Å². The standard InChI is InChI=1S/C10H12BrClO/c1-3-13-9-6-4-5-8(7(2)11)10(9)12/h4-7H,3H2,1-2H3. The highest BCUT2D eigenvalue weighted by molar-refractivity contribution is 9.09. The number of benzene rings is 1. The summed E-state index contributed by atoms with van der Waals surface area (Å²) in [5.41, 5.74) is 1.06. The Hall–Kier alpha value is -0.210. The van der Waals surface area contributed by atoms with Crippen LogP contribution in [0.3, 0.4) is 0 Å². The van der Waals surface area contributed by atoms with Crippen LogP contribution in [0.25, 0.3) is 0 Å². The average molecular weight is 264 g/mol. The van der Waals surface area contributed by atoms with Crippen molar-refractivity contribution in [2.45, 2.75) is 18.7 Å². The van der Waals surface area contributed by atoms with Crippen molar-refractivity contribution in [1.82, 2.24) is 0 Å². The molecule has 0 aliphatic rings. The molecule has 0 aromatic heterocycles. The smallest absolute Gasteiger partial charge is 0.138 e. The maximum Gasteiger partial charge on any atom is 0.138 e. The van der Waals surface area contributed by atoms with Gasteiger partial charge in [0, 0.05) is 4.83 Å². The first-order chi connectivity index (χ1) is 6.16. The number of rotatable bonds is 3. The van der Waals surface area contributed by atoms with Gasteiger partial charge in [-0.1, -0.05) is 39.7 Å². The number of hydrogen-bond acceptors (Lipinski definition) is 1. The van der Waals surface area contributed by atoms with E-state index in [2.05, 4.69) is 15.9 Å². The Labute approximate surface area is 92.2 Å². The summed E-state index contributed by atoms with van der Waals surface area (Å²) in [5, 5.41) is 0.703. The van der Waals surface area contributed by atoms with E-state index in [-0.39, 0.29) is 4.83 Å². The van der Waals surface area contributed by atoms with Crippen LogP contribution in [0.5, 0.6) is 5.75 Å². The first-order valence-corrected chi connectivity index (χ1v) is 5.51. The van der Waals surface area contributed by atoms with Gasteiger partial charge in [-0.3, -0.25) is 0 Å². The molecule has 72 valence electrons. The molecule has 0 saturated carbocycles. The topological polar surface area (TPSA) is 9.23 Å². The fourth-order valence-corrected chi connectivity index (χ4v) is 1.96. The third-order valence-electron chi connectivity index (χ3n) is 1.72. The van der Waals surface area contributed by atoms with Crippen LogP contribution in [0.1, 0.15) is 24.2 Å². The van der Waals surface area contributed by atoms with Gasteiger partial charge in [-0.15, -0.1) is 0 Å². The fraction of sp³-hybridized carbons (Fsp3) is 0.400. The monoisotopic (exact) mass is 262 g/mol. The van der Waals surface area contributed by atoms with Crippen molar-refractivity contribution in [3.63, 3.8) is 0 Å². The summed E-state index contributed by atoms with van der Waals surface area (Å²) in [6, 6.07) is 5.82. The maximum atomic E-state index is 6.13. The minimum Gasteiger partial charge on any atom is -0.492 e. The van der Waals surface area contributed by atoms with Crippen LogP contribution in [0.15, 0.2) is 18.2 Å². The largest absolute Gasteiger partial charge is 0.492 e. The highest BCUT2D eigenvalue weighted by atomic mass is 79.9. The zero-order valence-electron chi connectivity index (χ0n) is 7.68. The van der Waals surface area contributed by atoms with Gasteiger partial charge in [0.2, 0.25) is 0 Å². The van der Waals surface area contributed by atoms with Crippen LogP contribution in [0.2, 0.25) is 5.02 Å². The SMILES string of the molecule is CCOc1cccc(C(C)Br)c1Cl. The van der Waals surface area contributed by atoms with Crippen LogP contribution in [0.4, 0.5) is 0 Å². The molecule has 0 radical (unpaired) electrons. The Kier molecular flexibility index (Phi) is 4.07. The molecule has 1 aromatic rings. The van der Waals surface area contributed by atoms with Crippen LogP contribution in [-0.2, 0) is 0 Å². The molecule has 1 atom stereocenters. The molecule has 1 nitrogen and oxygen atoms in total. The lowest BCUT2D eigenvalue weighted by Crippen LogP contribution is -1.94. The Bertz CT molecular complexity index is 286. The minimum atomic E-state index is 0.250. The molecule has 0 saturated heterocycles. The lowest BCUT2D eigenvalue weighted by molar-refractivity contribution is 0.340. The van der Waals surface area contributed by atoms with Crippen LogP contribution in [-0.4, -0.2) is 6.61 Å². The number of hydrogen-bond donors (Lipinski definition) is 0. The van der Waals surface area contributed by atoms with Gasteiger partial charge in [-0.2, -0.15) is 0 Å². The van der Waals surface area contributed by atoms with Crippen molar-refractivity contribution in [3.05, 3.63) is 28.8 Å². The predicted molar refractivity (Wildman–Crippen MR) is 60.0 cm³/mol. The van der Waals surface area contributed by atoms with Crippen LogP contribution in [0, 0.1) is 0 Å². The first kappa shape index (κ1) is 10.9. The Morgan fingerprint density at radius 2 is 2.23 bits per heavy atom. The quantitative estimate of drug-likeness (QED) is 0.743. The van der Waals surface area contributed by atoms with Crippen molar-refractivity contribution < 1.29 is 4.74 Å². The molecular weight excluding hydrogens is 251 g/mol. The lowest BCUT2D eigenvalue weighted by atomic mass is 10.1. The molecular formula is C10H12BrClO. The van der Waals surface area contributed by atoms with Crippen molar-refractivity contribution in [3.8, 4) is 5.75 Å². The van der Waals surface area contributed by atoms with Crippen LogP contribution >= 0.6 is 27.5 Å². The molecule has 0 aliphatic carbocycles. The van der Waals surface area contributed by atoms with Gasteiger partial charge in [0.05, 0.1) is 11.6 Å². The van der Waals surface area contributed by atoms with Crippen molar-refractivity contribution in [2.75, 3.05) is 6.61 Å². The average Bonchev–Trinajstić information content (AvgIpc) is 2.08. The summed E-state index contributed by atoms with van der Waals surface area (Å²) in [7, 11) is 0. The Balaban J connectivity index is 3.03. The first-order valence-electron chi connectivity index (χ1n) is 4.22. The highest BCUT2D eigenvalue weighted by Crippen LogP contribution is 2.35. The molecule has 0 bridgehead atoms. The van der Waals surface area contributed by atoms with Gasteiger partial charge in [-0.25, -0.2) is 0 Å². The van der Waals surface area contributed by atoms with Crippen LogP contribution < -0.4 is 4.74 Å². The summed E-state index contributed by atoms with van der Waals surface area (Å²) in [6.07, 6.45) is 0. The molecule has 0 N–H and O–H groups in total. The van der Waals surface area contributed by atoms with Gasteiger partial charge in [-0.05, 0) is 25.5 Å². The minimum absolute atomic E-state index is 0.250. The van der Waals surface area contributed by atoms with E-state index >= 15 is 0 Å². The summed E-state index contributed by atoms with van der Waals surface area (Å²) < 4.78 is 5.37. The van der Waals surface area contributed by atoms with Crippen molar-refractivity contribution in [2.24, 2.45) is 0 Å². The van der Waals surface area contributed by atoms with Gasteiger partial charge >= 0.3 is 0 Å². The number of alkyl halides is 1. The molecule has 1 rings (SSSR count). The summed E-state index contributed by atoms with van der Waals surface area (Å²) in [4.78, 5) is 0.250. The summed E-state index contributed by atoms with van der Waals surface area (Å²) >= 11 is 9.61. The zero-order valence-corrected chi connectivity index (χ0v) is 10.0. The maximum absolute atomic E-state index is 6.13. The second kappa shape index (κ2) is 4.87. The summed E-state index contributed by atoms with van der Waals surface area (Å²) in [5.74, 6) is 0.757. The van der Waals surface area contributed by atoms with Gasteiger partial charge in [0.25, 0.3) is 0 Å². The lowest BCUT2D eigenvalue weighted by Gasteiger charge is -2.11. The molecule has 0 amide bonds. The highest BCUT2D eigenvalue weighted by Gasteiger charge is 2.10. The molecule has 0 spiro atoms. The van der Waals surface area contributed by atoms with Gasteiger partial charge in [0.1, 0.15) is 5.75 Å². The molecule has 0 aliphatic heterocycles. The second-order valence-electron chi connectivity index (χ2n) is 2.71. The predicted octanol–water partition coefficient (Wildman–Crippen LogP) is 4.19. The Morgan fingerprint density at radius 3 is 2.77 bits per heavy atom. The van der Waals surface area contributed by atoms with Gasteiger partial charge in [0.15, 0.2) is 0 Å². The van der Waals surface area contributed by atoms with E-state index in [1.807, 2.05) is 32.0 Å². The van der Waals surface area contributed by atoms with Crippen molar-refractivity contribution >= 4 is 27.5 Å². The molecule has 3 heteroatoms. The van der Waals surface area contributed by atoms with E-state index in [0.29, 0.717) is 11.6 Å². The third-order valence-corrected chi connectivity index (χ3v) is 2.62. The molecule has 13 heavy (non-hydrogen) atoms. The Morgan fingerprint density at radius 1 is 1.54 bits per heavy atom. The van der Waals surface area contributed by atoms with E-state index in [9.17, 15) is 0 Å². The van der Waals surface area contributed by atoms with E-state index < -0.39 is 0 Å². The van der Waals surface area contributed by atoms with E-state index in [1.54, 1.807) is 0 Å². The molecule has 1 unspecified atom stereocenters. The zero-order chi connectivity index (χ0) is 9.84. The number of ether oxygens (including phenoxy) is 1. The molecule has 1 aromatic carbocycles. The third kappa shape index (κ3) is 2.61. The number of halogens is 2. The van der Waals surface area contributed by atoms with Crippen molar-refractivity contribution in [1.29, 1.82) is 0 Å².